The summed E-state index contributed by atoms with van der Waals surface area (Å²) >= 11 is 1.56. The molecule has 3 rings (SSSR count). The second kappa shape index (κ2) is 14.4. The van der Waals surface area contributed by atoms with Gasteiger partial charge in [0.2, 0.25) is 5.91 Å². The Morgan fingerprint density at radius 1 is 1.18 bits per heavy atom. The van der Waals surface area contributed by atoms with E-state index in [0.717, 1.165) is 24.2 Å². The molecular weight excluding hydrogens is 504 g/mol. The van der Waals surface area contributed by atoms with Gasteiger partial charge in [0.25, 0.3) is 0 Å². The number of hydrogen-bond donors (Lipinski definition) is 1. The van der Waals surface area contributed by atoms with E-state index in [9.17, 15) is 14.4 Å². The number of esters is 2. The molecule has 0 spiro atoms. The Bertz CT molecular complexity index is 1020. The SMILES string of the molecule is CCCCOC(=O)C(CCc1ccccc1)NC1CSC(c2ccco2)CN(CC(=O)OC(C)(C)C)C1=O. The van der Waals surface area contributed by atoms with E-state index in [1.807, 2.05) is 49.4 Å². The van der Waals surface area contributed by atoms with Crippen LogP contribution >= 0.6 is 11.8 Å². The van der Waals surface area contributed by atoms with Gasteiger partial charge in [-0.1, -0.05) is 43.7 Å². The van der Waals surface area contributed by atoms with Gasteiger partial charge in [0.05, 0.1) is 24.2 Å². The number of benzene rings is 1. The van der Waals surface area contributed by atoms with Crippen molar-refractivity contribution in [2.75, 3.05) is 25.4 Å². The summed E-state index contributed by atoms with van der Waals surface area (Å²) in [5.41, 5.74) is 0.440. The van der Waals surface area contributed by atoms with Crippen molar-refractivity contribution in [3.05, 3.63) is 60.1 Å². The zero-order valence-electron chi connectivity index (χ0n) is 22.8. The lowest BCUT2D eigenvalue weighted by atomic mass is 10.0. The molecule has 1 aromatic heterocycles. The maximum Gasteiger partial charge on any atom is 0.326 e. The van der Waals surface area contributed by atoms with Gasteiger partial charge >= 0.3 is 11.9 Å². The topological polar surface area (TPSA) is 98.1 Å². The van der Waals surface area contributed by atoms with Crippen LogP contribution in [0.25, 0.3) is 0 Å². The maximum atomic E-state index is 13.7. The van der Waals surface area contributed by atoms with E-state index in [0.29, 0.717) is 31.7 Å². The Morgan fingerprint density at radius 3 is 2.61 bits per heavy atom. The summed E-state index contributed by atoms with van der Waals surface area (Å²) in [4.78, 5) is 41.0. The summed E-state index contributed by atoms with van der Waals surface area (Å²) in [6.07, 6.45) is 4.44. The highest BCUT2D eigenvalue weighted by Crippen LogP contribution is 2.33. The van der Waals surface area contributed by atoms with Gasteiger partial charge in [-0.15, -0.1) is 11.8 Å². The first-order chi connectivity index (χ1) is 18.2. The molecule has 2 heterocycles. The van der Waals surface area contributed by atoms with Crippen molar-refractivity contribution in [2.45, 2.75) is 76.3 Å². The highest BCUT2D eigenvalue weighted by Gasteiger charge is 2.37. The fourth-order valence-electron chi connectivity index (χ4n) is 4.17. The van der Waals surface area contributed by atoms with Crippen LogP contribution in [-0.4, -0.2) is 65.9 Å². The molecule has 3 atom stereocenters. The molecule has 1 saturated heterocycles. The van der Waals surface area contributed by atoms with E-state index in [1.165, 1.54) is 4.90 Å². The second-order valence-corrected chi connectivity index (χ2v) is 11.7. The monoisotopic (exact) mass is 544 g/mol. The van der Waals surface area contributed by atoms with Crippen molar-refractivity contribution in [3.63, 3.8) is 0 Å². The van der Waals surface area contributed by atoms with Gasteiger partial charge < -0.3 is 18.8 Å². The number of rotatable bonds is 12. The molecule has 1 N–H and O–H groups in total. The van der Waals surface area contributed by atoms with E-state index in [-0.39, 0.29) is 23.7 Å². The summed E-state index contributed by atoms with van der Waals surface area (Å²) < 4.78 is 16.7. The molecule has 0 radical (unpaired) electrons. The number of furan rings is 1. The van der Waals surface area contributed by atoms with E-state index in [1.54, 1.807) is 38.8 Å². The van der Waals surface area contributed by atoms with Gasteiger partial charge in [0.1, 0.15) is 23.9 Å². The number of unbranched alkanes of at least 4 members (excludes halogenated alkanes) is 1. The zero-order chi connectivity index (χ0) is 27.5. The number of nitrogens with one attached hydrogen (secondary N) is 1. The molecule has 8 nitrogen and oxygen atoms in total. The minimum atomic E-state index is -0.679. The molecule has 2 aromatic rings. The number of thioether (sulfide) groups is 1. The van der Waals surface area contributed by atoms with Crippen molar-refractivity contribution in [1.29, 1.82) is 0 Å². The smallest absolute Gasteiger partial charge is 0.326 e. The molecule has 1 aromatic carbocycles. The molecule has 1 amide bonds. The summed E-state index contributed by atoms with van der Waals surface area (Å²) in [6, 6.07) is 12.3. The van der Waals surface area contributed by atoms with E-state index in [4.69, 9.17) is 13.9 Å². The predicted octanol–water partition coefficient (Wildman–Crippen LogP) is 4.54. The molecule has 38 heavy (non-hydrogen) atoms. The van der Waals surface area contributed by atoms with Crippen molar-refractivity contribution in [3.8, 4) is 0 Å². The number of aryl methyl sites for hydroxylation is 1. The van der Waals surface area contributed by atoms with E-state index < -0.39 is 23.7 Å². The molecule has 9 heteroatoms. The number of carbonyl (C=O) groups excluding carboxylic acids is 3. The minimum Gasteiger partial charge on any atom is -0.468 e. The lowest BCUT2D eigenvalue weighted by Gasteiger charge is -2.28. The number of nitrogens with zero attached hydrogens (tertiary/aromatic N) is 1. The lowest BCUT2D eigenvalue weighted by Crippen LogP contribution is -2.54. The highest BCUT2D eigenvalue weighted by atomic mass is 32.2. The van der Waals surface area contributed by atoms with Gasteiger partial charge in [-0.2, -0.15) is 0 Å². The minimum absolute atomic E-state index is 0.150. The summed E-state index contributed by atoms with van der Waals surface area (Å²) in [5, 5.41) is 3.14. The molecular formula is C29H40N2O6S. The van der Waals surface area contributed by atoms with Crippen molar-refractivity contribution < 1.29 is 28.3 Å². The Morgan fingerprint density at radius 2 is 1.95 bits per heavy atom. The van der Waals surface area contributed by atoms with Crippen molar-refractivity contribution in [2.24, 2.45) is 0 Å². The highest BCUT2D eigenvalue weighted by molar-refractivity contribution is 7.99. The number of amides is 1. The molecule has 0 bridgehead atoms. The van der Waals surface area contributed by atoms with Gasteiger partial charge in [0, 0.05) is 12.3 Å². The first kappa shape index (κ1) is 29.8. The Kier molecular flexibility index (Phi) is 11.3. The lowest BCUT2D eigenvalue weighted by molar-refractivity contribution is -0.159. The van der Waals surface area contributed by atoms with Crippen LogP contribution in [0.3, 0.4) is 0 Å². The largest absolute Gasteiger partial charge is 0.468 e. The van der Waals surface area contributed by atoms with Crippen molar-refractivity contribution >= 4 is 29.6 Å². The van der Waals surface area contributed by atoms with Gasteiger partial charge in [-0.25, -0.2) is 0 Å². The average molecular weight is 545 g/mol. The van der Waals surface area contributed by atoms with E-state index in [2.05, 4.69) is 5.32 Å². The molecule has 1 fully saturated rings. The summed E-state index contributed by atoms with van der Waals surface area (Å²) in [6.45, 7) is 7.88. The summed E-state index contributed by atoms with van der Waals surface area (Å²) in [7, 11) is 0. The number of carbonyl (C=O) groups is 3. The third kappa shape index (κ3) is 9.51. The first-order valence-electron chi connectivity index (χ1n) is 13.3. The van der Waals surface area contributed by atoms with Crippen LogP contribution in [0, 0.1) is 0 Å². The Balaban J connectivity index is 1.78. The molecule has 1 aliphatic heterocycles. The molecule has 0 saturated carbocycles. The van der Waals surface area contributed by atoms with Crippen LogP contribution in [0.2, 0.25) is 0 Å². The van der Waals surface area contributed by atoms with Crippen molar-refractivity contribution in [1.82, 2.24) is 10.2 Å². The summed E-state index contributed by atoms with van der Waals surface area (Å²) in [5.74, 6) is 0.0618. The van der Waals surface area contributed by atoms with E-state index >= 15 is 0 Å². The molecule has 1 aliphatic rings. The van der Waals surface area contributed by atoms with Crippen LogP contribution in [0.1, 0.15) is 63.5 Å². The van der Waals surface area contributed by atoms with Crippen LogP contribution < -0.4 is 5.32 Å². The Labute approximate surface area is 229 Å². The molecule has 3 unspecified atom stereocenters. The zero-order valence-corrected chi connectivity index (χ0v) is 23.6. The quantitative estimate of drug-likeness (QED) is 0.307. The molecule has 208 valence electrons. The number of ether oxygens (including phenoxy) is 2. The van der Waals surface area contributed by atoms with Crippen LogP contribution in [0.15, 0.2) is 53.1 Å². The first-order valence-corrected chi connectivity index (χ1v) is 14.3. The second-order valence-electron chi connectivity index (χ2n) is 10.5. The fraction of sp³-hybridized carbons (Fsp3) is 0.552. The predicted molar refractivity (Wildman–Crippen MR) is 148 cm³/mol. The third-order valence-electron chi connectivity index (χ3n) is 6.05. The van der Waals surface area contributed by atoms with Crippen LogP contribution in [0.5, 0.6) is 0 Å². The van der Waals surface area contributed by atoms with Gasteiger partial charge in [0.15, 0.2) is 0 Å². The van der Waals surface area contributed by atoms with Gasteiger partial charge in [-0.05, 0) is 57.7 Å². The van der Waals surface area contributed by atoms with Crippen LogP contribution in [-0.2, 0) is 30.3 Å². The third-order valence-corrected chi connectivity index (χ3v) is 7.36. The maximum absolute atomic E-state index is 13.7. The Hall–Kier alpha value is -2.78. The number of hydrogen-bond acceptors (Lipinski definition) is 8. The fourth-order valence-corrected chi connectivity index (χ4v) is 5.42. The van der Waals surface area contributed by atoms with Gasteiger partial charge in [-0.3, -0.25) is 19.7 Å². The van der Waals surface area contributed by atoms with Crippen LogP contribution in [0.4, 0.5) is 0 Å². The molecule has 0 aliphatic carbocycles. The average Bonchev–Trinajstić information content (AvgIpc) is 3.36. The normalized spacial score (nSPS) is 19.1. The standard InChI is InChI=1S/C29H40N2O6S/c1-5-6-16-36-28(34)22(15-14-21-11-8-7-9-12-21)30-23-20-38-25(24-13-10-17-35-24)18-31(27(23)33)19-26(32)37-29(2,3)4/h7-13,17,22-23,25,30H,5-6,14-16,18-20H2,1-4H3.